The summed E-state index contributed by atoms with van der Waals surface area (Å²) in [6.07, 6.45) is 5.61. The average molecular weight is 184 g/mol. The molecule has 0 aromatic carbocycles. The third-order valence-corrected chi connectivity index (χ3v) is 1.79. The molecule has 0 bridgehead atoms. The van der Waals surface area contributed by atoms with Gasteiger partial charge in [0, 0.05) is 6.42 Å². The quantitative estimate of drug-likeness (QED) is 0.603. The molecule has 0 saturated heterocycles. The van der Waals surface area contributed by atoms with Gasteiger partial charge in [-0.15, -0.1) is 13.2 Å². The maximum atomic E-state index is 13.2. The van der Waals surface area contributed by atoms with Gasteiger partial charge in [-0.3, -0.25) is 0 Å². The molecule has 0 saturated carbocycles. The maximum absolute atomic E-state index is 13.2. The Morgan fingerprint density at radius 2 is 1.69 bits per heavy atom. The van der Waals surface area contributed by atoms with Crippen LogP contribution in [0.4, 0.5) is 4.39 Å². The summed E-state index contributed by atoms with van der Waals surface area (Å²) in [7, 11) is 0. The van der Waals surface area contributed by atoms with Crippen LogP contribution in [0.25, 0.3) is 0 Å². The Bertz CT molecular complexity index is 194. The van der Waals surface area contributed by atoms with Crippen LogP contribution in [0.3, 0.4) is 0 Å². The van der Waals surface area contributed by atoms with E-state index in [9.17, 15) is 4.39 Å². The predicted octanol–water partition coefficient (Wildman–Crippen LogP) is 3.13. The summed E-state index contributed by atoms with van der Waals surface area (Å²) in [6.45, 7) is 6.86. The van der Waals surface area contributed by atoms with Crippen molar-refractivity contribution in [2.24, 2.45) is 0 Å². The molecule has 1 N–H and O–H groups in total. The van der Waals surface area contributed by atoms with E-state index in [1.807, 2.05) is 0 Å². The van der Waals surface area contributed by atoms with Crippen LogP contribution in [0.15, 0.2) is 36.7 Å². The molecule has 1 nitrogen and oxygen atoms in total. The first kappa shape index (κ1) is 12.1. The number of hydrogen-bond acceptors (Lipinski definition) is 1. The molecule has 0 radical (unpaired) electrons. The summed E-state index contributed by atoms with van der Waals surface area (Å²) in [5.74, 6) is -0.204. The number of hydrogen-bond donors (Lipinski definition) is 1. The molecule has 0 aromatic heterocycles. The van der Waals surface area contributed by atoms with E-state index in [2.05, 4.69) is 13.2 Å². The largest absolute Gasteiger partial charge is 0.392 e. The van der Waals surface area contributed by atoms with Crippen LogP contribution in [0, 0.1) is 0 Å². The standard InChI is InChI=1S/C11H17FO/c1-3-5-7-10(9-13)11(12)8-6-4-2/h3-4,13H,1-2,5-9H2/b11-10-. The predicted molar refractivity (Wildman–Crippen MR) is 54.1 cm³/mol. The van der Waals surface area contributed by atoms with Gasteiger partial charge in [-0.1, -0.05) is 12.2 Å². The van der Waals surface area contributed by atoms with Crippen molar-refractivity contribution in [2.45, 2.75) is 25.7 Å². The molecule has 13 heavy (non-hydrogen) atoms. The van der Waals surface area contributed by atoms with Gasteiger partial charge in [0.1, 0.15) is 5.83 Å². The molecular formula is C11H17FO. The number of aliphatic hydroxyl groups excluding tert-OH is 1. The Balaban J connectivity index is 4.11. The lowest BCUT2D eigenvalue weighted by atomic mass is 10.1. The fourth-order valence-corrected chi connectivity index (χ4v) is 0.982. The van der Waals surface area contributed by atoms with Crippen molar-refractivity contribution in [1.82, 2.24) is 0 Å². The first-order chi connectivity index (χ1) is 6.26. The maximum Gasteiger partial charge on any atom is 0.102 e. The lowest BCUT2D eigenvalue weighted by molar-refractivity contribution is 0.319. The normalized spacial score (nSPS) is 12.2. The van der Waals surface area contributed by atoms with Crippen molar-refractivity contribution in [2.75, 3.05) is 6.61 Å². The zero-order valence-electron chi connectivity index (χ0n) is 7.93. The molecule has 0 aromatic rings. The second kappa shape index (κ2) is 7.74. The van der Waals surface area contributed by atoms with E-state index >= 15 is 0 Å². The van der Waals surface area contributed by atoms with Crippen LogP contribution in [0.1, 0.15) is 25.7 Å². The molecule has 0 aliphatic carbocycles. The molecule has 0 atom stereocenters. The van der Waals surface area contributed by atoms with Gasteiger partial charge < -0.3 is 5.11 Å². The van der Waals surface area contributed by atoms with Crippen molar-refractivity contribution in [3.63, 3.8) is 0 Å². The molecule has 0 amide bonds. The lowest BCUT2D eigenvalue weighted by Gasteiger charge is -2.04. The molecule has 0 aliphatic heterocycles. The molecule has 2 heteroatoms. The zero-order chi connectivity index (χ0) is 10.1. The monoisotopic (exact) mass is 184 g/mol. The zero-order valence-corrected chi connectivity index (χ0v) is 7.93. The van der Waals surface area contributed by atoms with E-state index in [0.717, 1.165) is 0 Å². The van der Waals surface area contributed by atoms with Gasteiger partial charge in [-0.25, -0.2) is 4.39 Å². The topological polar surface area (TPSA) is 20.2 Å². The highest BCUT2D eigenvalue weighted by Crippen LogP contribution is 2.17. The van der Waals surface area contributed by atoms with Gasteiger partial charge >= 0.3 is 0 Å². The van der Waals surface area contributed by atoms with Crippen molar-refractivity contribution in [3.8, 4) is 0 Å². The lowest BCUT2D eigenvalue weighted by Crippen LogP contribution is -1.94. The number of rotatable bonds is 7. The van der Waals surface area contributed by atoms with Crippen LogP contribution < -0.4 is 0 Å². The van der Waals surface area contributed by atoms with Crippen LogP contribution in [-0.2, 0) is 0 Å². The first-order valence-corrected chi connectivity index (χ1v) is 4.45. The first-order valence-electron chi connectivity index (χ1n) is 4.45. The number of halogens is 1. The Hall–Kier alpha value is -0.890. The molecule has 0 rings (SSSR count). The van der Waals surface area contributed by atoms with E-state index in [0.29, 0.717) is 31.3 Å². The second-order valence-corrected chi connectivity index (χ2v) is 2.82. The van der Waals surface area contributed by atoms with Crippen LogP contribution in [0.2, 0.25) is 0 Å². The minimum absolute atomic E-state index is 0.198. The van der Waals surface area contributed by atoms with E-state index in [1.165, 1.54) is 0 Å². The fourth-order valence-electron chi connectivity index (χ4n) is 0.982. The molecule has 74 valence electrons. The van der Waals surface area contributed by atoms with Crippen LogP contribution >= 0.6 is 0 Å². The van der Waals surface area contributed by atoms with Gasteiger partial charge in [-0.05, 0) is 24.8 Å². The summed E-state index contributed by atoms with van der Waals surface area (Å²) < 4.78 is 13.2. The van der Waals surface area contributed by atoms with E-state index < -0.39 is 0 Å². The van der Waals surface area contributed by atoms with Crippen molar-refractivity contribution < 1.29 is 9.50 Å². The summed E-state index contributed by atoms with van der Waals surface area (Å²) in [4.78, 5) is 0. The van der Waals surface area contributed by atoms with Crippen LogP contribution in [-0.4, -0.2) is 11.7 Å². The summed E-state index contributed by atoms with van der Waals surface area (Å²) >= 11 is 0. The van der Waals surface area contributed by atoms with Crippen molar-refractivity contribution >= 4 is 0 Å². The Morgan fingerprint density at radius 1 is 1.15 bits per heavy atom. The van der Waals surface area contributed by atoms with E-state index in [1.54, 1.807) is 12.2 Å². The smallest absolute Gasteiger partial charge is 0.102 e. The highest BCUT2D eigenvalue weighted by Gasteiger charge is 2.03. The highest BCUT2D eigenvalue weighted by molar-refractivity contribution is 5.09. The Kier molecular flexibility index (Phi) is 7.21. The van der Waals surface area contributed by atoms with Crippen molar-refractivity contribution in [3.05, 3.63) is 36.7 Å². The van der Waals surface area contributed by atoms with Crippen LogP contribution in [0.5, 0.6) is 0 Å². The Labute approximate surface area is 79.3 Å². The average Bonchev–Trinajstić information content (AvgIpc) is 2.16. The van der Waals surface area contributed by atoms with E-state index in [-0.39, 0.29) is 12.4 Å². The summed E-state index contributed by atoms with van der Waals surface area (Å²) in [6, 6.07) is 0. The molecule has 0 unspecified atom stereocenters. The molecule has 0 fully saturated rings. The summed E-state index contributed by atoms with van der Waals surface area (Å²) in [5.41, 5.74) is 0.488. The van der Waals surface area contributed by atoms with Gasteiger partial charge in [0.25, 0.3) is 0 Å². The Morgan fingerprint density at radius 3 is 2.15 bits per heavy atom. The SMILES string of the molecule is C=CCC/C(F)=C(/CO)CCC=C. The van der Waals surface area contributed by atoms with E-state index in [4.69, 9.17) is 5.11 Å². The summed E-state index contributed by atoms with van der Waals surface area (Å²) in [5, 5.41) is 8.86. The fraction of sp³-hybridized carbons (Fsp3) is 0.455. The third kappa shape index (κ3) is 5.36. The van der Waals surface area contributed by atoms with Gasteiger partial charge in [0.2, 0.25) is 0 Å². The van der Waals surface area contributed by atoms with Crippen molar-refractivity contribution in [1.29, 1.82) is 0 Å². The molecule has 0 aliphatic rings. The molecular weight excluding hydrogens is 167 g/mol. The number of aliphatic hydroxyl groups is 1. The number of allylic oxidation sites excluding steroid dienone is 3. The third-order valence-electron chi connectivity index (χ3n) is 1.79. The molecule has 0 spiro atoms. The van der Waals surface area contributed by atoms with Gasteiger partial charge in [0.15, 0.2) is 0 Å². The molecule has 0 heterocycles. The van der Waals surface area contributed by atoms with Gasteiger partial charge in [0.05, 0.1) is 6.61 Å². The van der Waals surface area contributed by atoms with Gasteiger partial charge in [-0.2, -0.15) is 0 Å². The highest BCUT2D eigenvalue weighted by atomic mass is 19.1. The second-order valence-electron chi connectivity index (χ2n) is 2.82. The minimum atomic E-state index is -0.204. The minimum Gasteiger partial charge on any atom is -0.392 e.